The minimum atomic E-state index is -1.03. The molecular weight excluding hydrogens is 725 g/mol. The average molecular weight is 778 g/mol. The lowest BCUT2D eigenvalue weighted by Crippen LogP contribution is -2.49. The smallest absolute Gasteiger partial charge is 0.317 e. The van der Waals surface area contributed by atoms with Crippen molar-refractivity contribution in [3.8, 4) is 0 Å². The summed E-state index contributed by atoms with van der Waals surface area (Å²) in [6.45, 7) is 2.97. The third-order valence-corrected chi connectivity index (χ3v) is 9.08. The zero-order valence-corrected chi connectivity index (χ0v) is 31.3. The second kappa shape index (κ2) is 21.0. The second-order valence-corrected chi connectivity index (χ2v) is 13.4. The molecule has 2 aliphatic heterocycles. The number of fused-ring (bicyclic) bond motifs is 1. The molecule has 2 saturated heterocycles. The summed E-state index contributed by atoms with van der Waals surface area (Å²) in [5.41, 5.74) is 7.46. The summed E-state index contributed by atoms with van der Waals surface area (Å²) in [4.78, 5) is 74.2. The Hall–Kier alpha value is -5.19. The first-order valence-electron chi connectivity index (χ1n) is 18.0. The van der Waals surface area contributed by atoms with Crippen molar-refractivity contribution < 1.29 is 43.6 Å². The molecule has 2 aromatic heterocycles. The van der Waals surface area contributed by atoms with Gasteiger partial charge < -0.3 is 45.9 Å². The molecule has 0 saturated carbocycles. The molecule has 1 atom stereocenters. The quantitative estimate of drug-likeness (QED) is 0.0585. The van der Waals surface area contributed by atoms with Gasteiger partial charge in [0, 0.05) is 79.0 Å². The molecule has 2 aromatic rings. The van der Waals surface area contributed by atoms with Crippen LogP contribution in [0.2, 0.25) is 0 Å². The third-order valence-electron chi connectivity index (χ3n) is 9.08. The summed E-state index contributed by atoms with van der Waals surface area (Å²) in [5.74, 6) is -2.60. The molecule has 21 nitrogen and oxygen atoms in total. The van der Waals surface area contributed by atoms with Crippen LogP contribution in [0.5, 0.6) is 0 Å². The number of carboxylic acid groups (broad SMARTS) is 3. The molecule has 55 heavy (non-hydrogen) atoms. The molecule has 1 unspecified atom stereocenters. The maximum Gasteiger partial charge on any atom is 0.317 e. The van der Waals surface area contributed by atoms with E-state index >= 15 is 0 Å². The number of nitrogens with one attached hydrogen (secondary N) is 2. The Kier molecular flexibility index (Phi) is 16.3. The van der Waals surface area contributed by atoms with Crippen LogP contribution in [-0.2, 0) is 31.0 Å². The van der Waals surface area contributed by atoms with Gasteiger partial charge in [-0.25, -0.2) is 9.37 Å². The van der Waals surface area contributed by atoms with Crippen LogP contribution >= 0.6 is 0 Å². The SMILES string of the molecule is COC(N)=C(C=NCCCNC(=O)CN1CCN(CC(=O)O)CCN(CC(=O)O)CCN(CC(=O)O)CC1)Nc1nc(N2CCC(F)C2)nc2c1ncn2C. The number of aryl methyl sites for hydroxylation is 1. The zero-order chi connectivity index (χ0) is 39.9. The number of carbonyl (C=O) groups excluding carboxylic acids is 1. The van der Waals surface area contributed by atoms with Crippen LogP contribution in [0.4, 0.5) is 16.2 Å². The molecule has 2 aliphatic rings. The summed E-state index contributed by atoms with van der Waals surface area (Å²) in [6, 6.07) is 0. The first kappa shape index (κ1) is 42.6. The van der Waals surface area contributed by atoms with E-state index in [4.69, 9.17) is 10.5 Å². The summed E-state index contributed by atoms with van der Waals surface area (Å²) in [5, 5.41) is 34.2. The van der Waals surface area contributed by atoms with Crippen LogP contribution in [0.15, 0.2) is 22.9 Å². The standard InChI is InChI=1S/C33H52FN13O8/c1-42-22-38-29-31(40-33(41-32(29)42)47-7-4-23(34)17-47)39-24(30(35)55-2)16-36-5-3-6-37-25(48)18-43-8-10-44(19-26(49)50)12-14-46(21-28(53)54)15-13-45(11-9-43)20-27(51)52/h16,22-23H,3-15,17-21,35H2,1-2H3,(H,37,48)(H,49,50)(H,51,52)(H,53,54)(H,39,40,41). The first-order valence-corrected chi connectivity index (χ1v) is 18.0. The molecule has 0 aromatic carbocycles. The number of allylic oxidation sites excluding steroid dienone is 1. The predicted molar refractivity (Wildman–Crippen MR) is 200 cm³/mol. The fourth-order valence-corrected chi connectivity index (χ4v) is 6.12. The Morgan fingerprint density at radius 1 is 0.909 bits per heavy atom. The Labute approximate surface area is 317 Å². The highest BCUT2D eigenvalue weighted by Crippen LogP contribution is 2.26. The van der Waals surface area contributed by atoms with Crippen LogP contribution < -0.4 is 21.3 Å². The predicted octanol–water partition coefficient (Wildman–Crippen LogP) is -1.85. The lowest BCUT2D eigenvalue weighted by atomic mass is 10.3. The van der Waals surface area contributed by atoms with Crippen molar-refractivity contribution in [2.75, 3.05) is 122 Å². The van der Waals surface area contributed by atoms with Gasteiger partial charge in [-0.1, -0.05) is 0 Å². The largest absolute Gasteiger partial charge is 0.481 e. The first-order chi connectivity index (χ1) is 26.3. The van der Waals surface area contributed by atoms with Gasteiger partial charge in [-0.05, 0) is 12.8 Å². The maximum atomic E-state index is 14.0. The number of carboxylic acids is 3. The molecule has 2 fully saturated rings. The van der Waals surface area contributed by atoms with E-state index in [1.54, 1.807) is 37.5 Å². The van der Waals surface area contributed by atoms with Crippen molar-refractivity contribution >= 4 is 53.0 Å². The molecule has 304 valence electrons. The van der Waals surface area contributed by atoms with Crippen molar-refractivity contribution in [3.63, 3.8) is 0 Å². The lowest BCUT2D eigenvalue weighted by molar-refractivity contribution is -0.140. The number of rotatable bonds is 17. The fraction of sp³-hybridized carbons (Fsp3) is 0.636. The van der Waals surface area contributed by atoms with Crippen LogP contribution in [-0.4, -0.2) is 202 Å². The highest BCUT2D eigenvalue weighted by atomic mass is 19.1. The van der Waals surface area contributed by atoms with Crippen molar-refractivity contribution in [2.45, 2.75) is 19.0 Å². The average Bonchev–Trinajstić information content (AvgIpc) is 3.74. The molecule has 4 heterocycles. The summed E-state index contributed by atoms with van der Waals surface area (Å²) in [6.07, 6.45) is 3.00. The highest BCUT2D eigenvalue weighted by molar-refractivity contribution is 5.90. The van der Waals surface area contributed by atoms with E-state index in [1.807, 2.05) is 4.90 Å². The number of carbonyl (C=O) groups is 4. The van der Waals surface area contributed by atoms with E-state index in [0.29, 0.717) is 87.3 Å². The van der Waals surface area contributed by atoms with Gasteiger partial charge in [0.1, 0.15) is 11.9 Å². The van der Waals surface area contributed by atoms with Gasteiger partial charge in [0.25, 0.3) is 0 Å². The number of methoxy groups -OCH3 is 1. The van der Waals surface area contributed by atoms with Crippen molar-refractivity contribution in [1.29, 1.82) is 0 Å². The Balaban J connectivity index is 1.33. The Morgan fingerprint density at radius 3 is 1.95 bits per heavy atom. The lowest BCUT2D eigenvalue weighted by Gasteiger charge is -2.32. The number of imidazole rings is 1. The van der Waals surface area contributed by atoms with Gasteiger partial charge in [-0.3, -0.25) is 43.8 Å². The van der Waals surface area contributed by atoms with Crippen LogP contribution in [0, 0.1) is 0 Å². The number of aliphatic carboxylic acids is 3. The van der Waals surface area contributed by atoms with E-state index in [0.717, 1.165) is 0 Å². The van der Waals surface area contributed by atoms with Gasteiger partial charge in [0.15, 0.2) is 17.0 Å². The van der Waals surface area contributed by atoms with Crippen molar-refractivity contribution in [1.82, 2.24) is 44.4 Å². The monoisotopic (exact) mass is 777 g/mol. The zero-order valence-electron chi connectivity index (χ0n) is 31.3. The molecule has 0 bridgehead atoms. The number of ether oxygens (including phenoxy) is 1. The van der Waals surface area contributed by atoms with E-state index in [-0.39, 0.29) is 70.7 Å². The topological polar surface area (TPSA) is 260 Å². The Bertz CT molecular complexity index is 1660. The molecule has 22 heteroatoms. The van der Waals surface area contributed by atoms with E-state index in [9.17, 15) is 38.9 Å². The summed E-state index contributed by atoms with van der Waals surface area (Å²) >= 11 is 0. The maximum absolute atomic E-state index is 14.0. The van der Waals surface area contributed by atoms with Gasteiger partial charge in [0.2, 0.25) is 17.7 Å². The van der Waals surface area contributed by atoms with Gasteiger partial charge in [-0.2, -0.15) is 9.97 Å². The molecule has 7 N–H and O–H groups in total. The fourth-order valence-electron chi connectivity index (χ4n) is 6.12. The van der Waals surface area contributed by atoms with Gasteiger partial charge in [-0.15, -0.1) is 0 Å². The number of hydrogen-bond donors (Lipinski definition) is 6. The third kappa shape index (κ3) is 13.9. The number of aromatic nitrogens is 4. The van der Waals surface area contributed by atoms with Gasteiger partial charge in [0.05, 0.1) is 52.4 Å². The highest BCUT2D eigenvalue weighted by Gasteiger charge is 2.26. The van der Waals surface area contributed by atoms with Crippen LogP contribution in [0.25, 0.3) is 11.2 Å². The van der Waals surface area contributed by atoms with Crippen molar-refractivity contribution in [2.24, 2.45) is 17.8 Å². The minimum Gasteiger partial charge on any atom is -0.481 e. The normalized spacial score (nSPS) is 19.2. The van der Waals surface area contributed by atoms with Crippen LogP contribution in [0.3, 0.4) is 0 Å². The molecule has 0 radical (unpaired) electrons. The molecule has 4 rings (SSSR count). The minimum absolute atomic E-state index is 0.00371. The van der Waals surface area contributed by atoms with Crippen LogP contribution in [0.1, 0.15) is 12.8 Å². The molecule has 1 amide bonds. The number of amides is 1. The number of nitrogens with two attached hydrogens (primary N) is 1. The van der Waals surface area contributed by atoms with E-state index in [1.165, 1.54) is 13.3 Å². The number of hydrogen-bond acceptors (Lipinski definition) is 16. The second-order valence-electron chi connectivity index (χ2n) is 13.4. The van der Waals surface area contributed by atoms with E-state index < -0.39 is 24.1 Å². The Morgan fingerprint density at radius 2 is 1.45 bits per heavy atom. The number of halogens is 1. The number of nitrogens with zero attached hydrogens (tertiary/aromatic N) is 10. The van der Waals surface area contributed by atoms with E-state index in [2.05, 4.69) is 30.6 Å². The summed E-state index contributed by atoms with van der Waals surface area (Å²) < 4.78 is 21.0. The molecule has 0 aliphatic carbocycles. The molecular formula is C33H52FN13O8. The van der Waals surface area contributed by atoms with Crippen molar-refractivity contribution in [3.05, 3.63) is 17.9 Å². The number of anilines is 2. The number of aliphatic imine (C=N–C) groups is 1. The molecule has 0 spiro atoms. The number of alkyl halides is 1. The van der Waals surface area contributed by atoms with Gasteiger partial charge >= 0.3 is 17.9 Å². The summed E-state index contributed by atoms with van der Waals surface area (Å²) in [7, 11) is 3.21.